The van der Waals surface area contributed by atoms with E-state index in [-0.39, 0.29) is 5.78 Å². The molecule has 96 valence electrons. The van der Waals surface area contributed by atoms with Crippen molar-refractivity contribution in [3.8, 4) is 5.75 Å². The zero-order valence-corrected chi connectivity index (χ0v) is 10.4. The summed E-state index contributed by atoms with van der Waals surface area (Å²) in [6.07, 6.45) is 4.63. The number of hydrogen-bond donors (Lipinski definition) is 1. The zero-order valence-electron chi connectivity index (χ0n) is 10.4. The summed E-state index contributed by atoms with van der Waals surface area (Å²) in [5.41, 5.74) is 0.0322. The van der Waals surface area contributed by atoms with Crippen molar-refractivity contribution in [1.29, 1.82) is 0 Å². The van der Waals surface area contributed by atoms with Gasteiger partial charge in [-0.1, -0.05) is 12.1 Å². The molecule has 3 rings (SSSR count). The van der Waals surface area contributed by atoms with E-state index in [9.17, 15) is 9.90 Å². The Morgan fingerprint density at radius 3 is 2.61 bits per heavy atom. The Hall–Kier alpha value is -1.35. The predicted molar refractivity (Wildman–Crippen MR) is 67.5 cm³/mol. The first-order chi connectivity index (χ1) is 8.66. The molecule has 2 aliphatic rings. The van der Waals surface area contributed by atoms with Crippen LogP contribution in [0, 0.1) is 0 Å². The molecule has 0 amide bonds. The maximum atomic E-state index is 11.3. The highest BCUT2D eigenvalue weighted by atomic mass is 16.5. The SMILES string of the molecule is O=C1CCC(O)(c2cccc(OC3CC3)c2)CC1. The van der Waals surface area contributed by atoms with E-state index in [4.69, 9.17) is 4.74 Å². The van der Waals surface area contributed by atoms with Crippen LogP contribution in [0.1, 0.15) is 44.1 Å². The van der Waals surface area contributed by atoms with Crippen LogP contribution in [-0.4, -0.2) is 17.0 Å². The molecule has 2 saturated carbocycles. The van der Waals surface area contributed by atoms with Gasteiger partial charge < -0.3 is 9.84 Å². The summed E-state index contributed by atoms with van der Waals surface area (Å²) in [4.78, 5) is 11.3. The molecule has 3 heteroatoms. The number of ether oxygens (including phenoxy) is 1. The van der Waals surface area contributed by atoms with Gasteiger partial charge in [0.15, 0.2) is 0 Å². The predicted octanol–water partition coefficient (Wildman–Crippen LogP) is 2.56. The van der Waals surface area contributed by atoms with Crippen LogP contribution in [0.25, 0.3) is 0 Å². The van der Waals surface area contributed by atoms with Crippen LogP contribution in [0.2, 0.25) is 0 Å². The fourth-order valence-electron chi connectivity index (χ4n) is 2.47. The van der Waals surface area contributed by atoms with Crippen LogP contribution in [0.3, 0.4) is 0 Å². The minimum absolute atomic E-state index is 0.255. The third kappa shape index (κ3) is 2.41. The van der Waals surface area contributed by atoms with Crippen LogP contribution in [0.5, 0.6) is 5.75 Å². The lowest BCUT2D eigenvalue weighted by Crippen LogP contribution is -2.31. The highest BCUT2D eigenvalue weighted by Gasteiger charge is 2.34. The van der Waals surface area contributed by atoms with Crippen molar-refractivity contribution in [3.63, 3.8) is 0 Å². The number of hydrogen-bond acceptors (Lipinski definition) is 3. The molecule has 0 aromatic heterocycles. The molecule has 0 radical (unpaired) electrons. The van der Waals surface area contributed by atoms with E-state index < -0.39 is 5.60 Å². The second kappa shape index (κ2) is 4.39. The summed E-state index contributed by atoms with van der Waals surface area (Å²) in [7, 11) is 0. The lowest BCUT2D eigenvalue weighted by molar-refractivity contribution is -0.125. The van der Waals surface area contributed by atoms with Crippen molar-refractivity contribution < 1.29 is 14.6 Å². The molecule has 0 unspecified atom stereocenters. The first-order valence-corrected chi connectivity index (χ1v) is 6.67. The Kier molecular flexibility index (Phi) is 2.86. The van der Waals surface area contributed by atoms with E-state index in [0.717, 1.165) is 24.2 Å². The fourth-order valence-corrected chi connectivity index (χ4v) is 2.47. The highest BCUT2D eigenvalue weighted by Crippen LogP contribution is 2.37. The molecule has 2 aliphatic carbocycles. The normalized spacial score (nSPS) is 22.8. The number of Topliss-reactive ketones (excluding diaryl/α,β-unsaturated/α-hetero) is 1. The molecule has 1 aromatic carbocycles. The minimum Gasteiger partial charge on any atom is -0.490 e. The largest absolute Gasteiger partial charge is 0.490 e. The minimum atomic E-state index is -0.850. The Labute approximate surface area is 107 Å². The maximum absolute atomic E-state index is 11.3. The van der Waals surface area contributed by atoms with Crippen LogP contribution in [0.4, 0.5) is 0 Å². The molecule has 1 aromatic rings. The van der Waals surface area contributed by atoms with Crippen LogP contribution in [0.15, 0.2) is 24.3 Å². The van der Waals surface area contributed by atoms with Crippen molar-refractivity contribution >= 4 is 5.78 Å². The topological polar surface area (TPSA) is 46.5 Å². The number of benzene rings is 1. The van der Waals surface area contributed by atoms with Gasteiger partial charge in [0, 0.05) is 12.8 Å². The van der Waals surface area contributed by atoms with Crippen molar-refractivity contribution in [1.82, 2.24) is 0 Å². The molecule has 2 fully saturated rings. The summed E-state index contributed by atoms with van der Waals surface area (Å²) >= 11 is 0. The van der Waals surface area contributed by atoms with Crippen LogP contribution in [-0.2, 0) is 10.4 Å². The van der Waals surface area contributed by atoms with Crippen LogP contribution < -0.4 is 4.74 Å². The maximum Gasteiger partial charge on any atom is 0.133 e. The zero-order chi connectivity index (χ0) is 12.6. The van der Waals surface area contributed by atoms with Gasteiger partial charge in [-0.15, -0.1) is 0 Å². The summed E-state index contributed by atoms with van der Waals surface area (Å²) in [5, 5.41) is 10.6. The van der Waals surface area contributed by atoms with Crippen molar-refractivity contribution in [3.05, 3.63) is 29.8 Å². The second-order valence-electron chi connectivity index (χ2n) is 5.42. The van der Waals surface area contributed by atoms with E-state index in [1.165, 1.54) is 0 Å². The molecule has 0 heterocycles. The third-order valence-corrected chi connectivity index (χ3v) is 3.83. The summed E-state index contributed by atoms with van der Waals surface area (Å²) in [6.45, 7) is 0. The molecular formula is C15H18O3. The Morgan fingerprint density at radius 2 is 1.94 bits per heavy atom. The molecule has 0 aliphatic heterocycles. The van der Waals surface area contributed by atoms with Crippen molar-refractivity contribution in [2.24, 2.45) is 0 Å². The van der Waals surface area contributed by atoms with E-state index in [2.05, 4.69) is 0 Å². The van der Waals surface area contributed by atoms with Crippen molar-refractivity contribution in [2.75, 3.05) is 0 Å². The monoisotopic (exact) mass is 246 g/mol. The number of rotatable bonds is 3. The number of carbonyl (C=O) groups excluding carboxylic acids is 1. The molecule has 0 saturated heterocycles. The molecule has 0 bridgehead atoms. The van der Waals surface area contributed by atoms with Gasteiger partial charge in [0.2, 0.25) is 0 Å². The van der Waals surface area contributed by atoms with Gasteiger partial charge in [-0.2, -0.15) is 0 Å². The fraction of sp³-hybridized carbons (Fsp3) is 0.533. The van der Waals surface area contributed by atoms with Gasteiger partial charge in [-0.3, -0.25) is 4.79 Å². The highest BCUT2D eigenvalue weighted by molar-refractivity contribution is 5.79. The van der Waals surface area contributed by atoms with Crippen LogP contribution >= 0.6 is 0 Å². The smallest absolute Gasteiger partial charge is 0.133 e. The number of ketones is 1. The van der Waals surface area contributed by atoms with E-state index in [1.54, 1.807) is 0 Å². The summed E-state index contributed by atoms with van der Waals surface area (Å²) in [6, 6.07) is 7.70. The van der Waals surface area contributed by atoms with E-state index in [0.29, 0.717) is 31.8 Å². The Balaban J connectivity index is 1.79. The molecule has 0 spiro atoms. The molecule has 1 N–H and O–H groups in total. The first-order valence-electron chi connectivity index (χ1n) is 6.67. The van der Waals surface area contributed by atoms with Gasteiger partial charge >= 0.3 is 0 Å². The average molecular weight is 246 g/mol. The van der Waals surface area contributed by atoms with Gasteiger partial charge in [0.05, 0.1) is 11.7 Å². The lowest BCUT2D eigenvalue weighted by atomic mass is 9.79. The molecule has 0 atom stereocenters. The Bertz CT molecular complexity index is 453. The van der Waals surface area contributed by atoms with Gasteiger partial charge in [0.25, 0.3) is 0 Å². The third-order valence-electron chi connectivity index (χ3n) is 3.83. The van der Waals surface area contributed by atoms with Crippen molar-refractivity contribution in [2.45, 2.75) is 50.2 Å². The summed E-state index contributed by atoms with van der Waals surface area (Å²) < 4.78 is 5.74. The van der Waals surface area contributed by atoms with E-state index >= 15 is 0 Å². The van der Waals surface area contributed by atoms with Gasteiger partial charge in [-0.25, -0.2) is 0 Å². The molecular weight excluding hydrogens is 228 g/mol. The van der Waals surface area contributed by atoms with E-state index in [1.807, 2.05) is 24.3 Å². The molecule has 18 heavy (non-hydrogen) atoms. The number of carbonyl (C=O) groups is 1. The summed E-state index contributed by atoms with van der Waals surface area (Å²) in [5.74, 6) is 1.09. The first kappa shape index (κ1) is 11.7. The second-order valence-corrected chi connectivity index (χ2v) is 5.42. The lowest BCUT2D eigenvalue weighted by Gasteiger charge is -2.32. The number of aliphatic hydroxyl groups is 1. The standard InChI is InChI=1S/C15H18O3/c16-12-6-8-15(17,9-7-12)11-2-1-3-14(10-11)18-13-4-5-13/h1-3,10,13,17H,4-9H2. The van der Waals surface area contributed by atoms with Gasteiger partial charge in [0.1, 0.15) is 11.5 Å². The average Bonchev–Trinajstić information content (AvgIpc) is 3.18. The Morgan fingerprint density at radius 1 is 1.22 bits per heavy atom. The van der Waals surface area contributed by atoms with Gasteiger partial charge in [-0.05, 0) is 43.4 Å². The molecule has 3 nitrogen and oxygen atoms in total. The quantitative estimate of drug-likeness (QED) is 0.891.